The lowest BCUT2D eigenvalue weighted by Gasteiger charge is -2.25. The number of amides is 2. The molecule has 0 spiro atoms. The molecule has 0 unspecified atom stereocenters. The molecule has 2 amide bonds. The topological polar surface area (TPSA) is 62.8 Å². The van der Waals surface area contributed by atoms with Crippen LogP contribution in [0.5, 0.6) is 11.5 Å². The Hall–Kier alpha value is -2.89. The quantitative estimate of drug-likeness (QED) is 0.776. The first-order chi connectivity index (χ1) is 13.7. The summed E-state index contributed by atoms with van der Waals surface area (Å²) in [6, 6.07) is 13.4. The summed E-state index contributed by atoms with van der Waals surface area (Å²) in [5.41, 5.74) is 2.77. The van der Waals surface area contributed by atoms with E-state index in [4.69, 9.17) is 9.47 Å². The van der Waals surface area contributed by atoms with Crippen molar-refractivity contribution in [1.82, 2.24) is 5.32 Å². The predicted molar refractivity (Wildman–Crippen MR) is 113 cm³/mol. The minimum atomic E-state index is -0.243. The van der Waals surface area contributed by atoms with Crippen molar-refractivity contribution in [1.29, 1.82) is 0 Å². The summed E-state index contributed by atoms with van der Waals surface area (Å²) < 4.78 is 10.7. The molecule has 0 aromatic heterocycles. The molecule has 6 heteroatoms. The summed E-state index contributed by atoms with van der Waals surface area (Å²) in [7, 11) is 3.19. The minimum absolute atomic E-state index is 0.243. The van der Waals surface area contributed by atoms with Crippen LogP contribution in [0.1, 0.15) is 31.2 Å². The third-order valence-electron chi connectivity index (χ3n) is 5.02. The van der Waals surface area contributed by atoms with Gasteiger partial charge in [0.2, 0.25) is 0 Å². The number of nitrogens with zero attached hydrogens (tertiary/aromatic N) is 1. The fraction of sp³-hybridized carbons (Fsp3) is 0.409. The molecule has 0 saturated carbocycles. The minimum Gasteiger partial charge on any atom is -0.493 e. The standard InChI is InChI=1S/C22H29N3O3/c1-27-20-13-9-10-17(21(20)28-2)16-23-22(26)24-18-11-5-6-12-19(18)25-14-7-3-4-8-15-25/h5-6,9-13H,3-4,7-8,14-16H2,1-2H3,(H2,23,24,26). The van der Waals surface area contributed by atoms with Gasteiger partial charge in [-0.2, -0.15) is 0 Å². The number of anilines is 2. The average Bonchev–Trinajstić information content (AvgIpc) is 3.01. The van der Waals surface area contributed by atoms with E-state index in [1.165, 1.54) is 25.7 Å². The van der Waals surface area contributed by atoms with E-state index in [0.717, 1.165) is 30.0 Å². The second kappa shape index (κ2) is 9.88. The molecular weight excluding hydrogens is 354 g/mol. The van der Waals surface area contributed by atoms with Gasteiger partial charge in [0.05, 0.1) is 25.6 Å². The summed E-state index contributed by atoms with van der Waals surface area (Å²) in [6.07, 6.45) is 4.93. The summed E-state index contributed by atoms with van der Waals surface area (Å²) in [6.45, 7) is 2.40. The lowest BCUT2D eigenvalue weighted by Crippen LogP contribution is -2.30. The number of hydrogen-bond acceptors (Lipinski definition) is 4. The highest BCUT2D eigenvalue weighted by Crippen LogP contribution is 2.31. The molecule has 2 N–H and O–H groups in total. The number of carbonyl (C=O) groups excluding carboxylic acids is 1. The highest BCUT2D eigenvalue weighted by atomic mass is 16.5. The van der Waals surface area contributed by atoms with Crippen LogP contribution in [0, 0.1) is 0 Å². The van der Waals surface area contributed by atoms with E-state index in [2.05, 4.69) is 21.6 Å². The Balaban J connectivity index is 1.66. The first kappa shape index (κ1) is 19.9. The van der Waals surface area contributed by atoms with Crippen LogP contribution in [0.3, 0.4) is 0 Å². The fourth-order valence-corrected chi connectivity index (χ4v) is 3.60. The zero-order valence-electron chi connectivity index (χ0n) is 16.7. The molecule has 1 aliphatic heterocycles. The monoisotopic (exact) mass is 383 g/mol. The van der Waals surface area contributed by atoms with Crippen molar-refractivity contribution in [3.8, 4) is 11.5 Å². The summed E-state index contributed by atoms with van der Waals surface area (Å²) in [5, 5.41) is 5.91. The second-order valence-electron chi connectivity index (χ2n) is 6.88. The molecule has 3 rings (SSSR count). The predicted octanol–water partition coefficient (Wildman–Crippen LogP) is 4.41. The van der Waals surface area contributed by atoms with E-state index in [-0.39, 0.29) is 6.03 Å². The first-order valence-electron chi connectivity index (χ1n) is 9.81. The smallest absolute Gasteiger partial charge is 0.319 e. The van der Waals surface area contributed by atoms with Gasteiger partial charge in [0.25, 0.3) is 0 Å². The van der Waals surface area contributed by atoms with Crippen LogP contribution in [0.15, 0.2) is 42.5 Å². The maximum absolute atomic E-state index is 12.5. The Kier molecular flexibility index (Phi) is 7.00. The largest absolute Gasteiger partial charge is 0.493 e. The molecule has 2 aromatic rings. The van der Waals surface area contributed by atoms with Crippen molar-refractivity contribution in [2.75, 3.05) is 37.5 Å². The van der Waals surface area contributed by atoms with Crippen molar-refractivity contribution in [2.24, 2.45) is 0 Å². The SMILES string of the molecule is COc1cccc(CNC(=O)Nc2ccccc2N2CCCCCC2)c1OC. The molecule has 1 heterocycles. The van der Waals surface area contributed by atoms with Gasteiger partial charge in [0, 0.05) is 25.2 Å². The van der Waals surface area contributed by atoms with Crippen LogP contribution < -0.4 is 25.0 Å². The number of benzene rings is 2. The zero-order chi connectivity index (χ0) is 19.8. The third kappa shape index (κ3) is 4.88. The highest BCUT2D eigenvalue weighted by Gasteiger charge is 2.15. The van der Waals surface area contributed by atoms with Gasteiger partial charge in [-0.25, -0.2) is 4.79 Å². The summed E-state index contributed by atoms with van der Waals surface area (Å²) in [5.74, 6) is 1.28. The van der Waals surface area contributed by atoms with Gasteiger partial charge in [0.1, 0.15) is 0 Å². The van der Waals surface area contributed by atoms with Crippen LogP contribution in [0.2, 0.25) is 0 Å². The van der Waals surface area contributed by atoms with Gasteiger partial charge in [-0.1, -0.05) is 37.1 Å². The highest BCUT2D eigenvalue weighted by molar-refractivity contribution is 5.93. The van der Waals surface area contributed by atoms with Gasteiger partial charge in [-0.3, -0.25) is 0 Å². The van der Waals surface area contributed by atoms with Crippen LogP contribution in [0.4, 0.5) is 16.2 Å². The Bertz CT molecular complexity index is 786. The van der Waals surface area contributed by atoms with E-state index in [1.54, 1.807) is 14.2 Å². The molecule has 28 heavy (non-hydrogen) atoms. The second-order valence-corrected chi connectivity index (χ2v) is 6.88. The number of urea groups is 1. The Morgan fingerprint density at radius 1 is 0.964 bits per heavy atom. The molecule has 0 bridgehead atoms. The number of carbonyl (C=O) groups is 1. The molecule has 0 radical (unpaired) electrons. The van der Waals surface area contributed by atoms with Crippen LogP contribution in [-0.2, 0) is 6.54 Å². The molecule has 1 aliphatic rings. The molecular formula is C22H29N3O3. The van der Waals surface area contributed by atoms with Gasteiger partial charge >= 0.3 is 6.03 Å². The zero-order valence-corrected chi connectivity index (χ0v) is 16.7. The fourth-order valence-electron chi connectivity index (χ4n) is 3.60. The molecule has 2 aromatic carbocycles. The molecule has 0 aliphatic carbocycles. The van der Waals surface area contributed by atoms with E-state index in [9.17, 15) is 4.79 Å². The maximum Gasteiger partial charge on any atom is 0.319 e. The van der Waals surface area contributed by atoms with Crippen molar-refractivity contribution in [3.63, 3.8) is 0 Å². The number of rotatable bonds is 6. The summed E-state index contributed by atoms with van der Waals surface area (Å²) >= 11 is 0. The van der Waals surface area contributed by atoms with Crippen LogP contribution in [0.25, 0.3) is 0 Å². The molecule has 1 fully saturated rings. The normalized spacial score (nSPS) is 14.1. The molecule has 0 atom stereocenters. The third-order valence-corrected chi connectivity index (χ3v) is 5.02. The van der Waals surface area contributed by atoms with E-state index in [0.29, 0.717) is 18.0 Å². The number of para-hydroxylation sites is 3. The van der Waals surface area contributed by atoms with Crippen LogP contribution >= 0.6 is 0 Å². The van der Waals surface area contributed by atoms with Crippen molar-refractivity contribution < 1.29 is 14.3 Å². The van der Waals surface area contributed by atoms with Crippen molar-refractivity contribution in [3.05, 3.63) is 48.0 Å². The first-order valence-corrected chi connectivity index (χ1v) is 9.81. The average molecular weight is 383 g/mol. The van der Waals surface area contributed by atoms with Crippen molar-refractivity contribution in [2.45, 2.75) is 32.2 Å². The Morgan fingerprint density at radius 2 is 1.71 bits per heavy atom. The number of hydrogen-bond donors (Lipinski definition) is 2. The Morgan fingerprint density at radius 3 is 2.43 bits per heavy atom. The Labute approximate surface area is 166 Å². The summed E-state index contributed by atoms with van der Waals surface area (Å²) in [4.78, 5) is 14.9. The van der Waals surface area contributed by atoms with Gasteiger partial charge in [0.15, 0.2) is 11.5 Å². The van der Waals surface area contributed by atoms with Crippen LogP contribution in [-0.4, -0.2) is 33.3 Å². The number of methoxy groups -OCH3 is 2. The lowest BCUT2D eigenvalue weighted by molar-refractivity contribution is 0.251. The molecule has 6 nitrogen and oxygen atoms in total. The molecule has 1 saturated heterocycles. The van der Waals surface area contributed by atoms with Gasteiger partial charge in [-0.05, 0) is 31.0 Å². The molecule has 150 valence electrons. The number of nitrogens with one attached hydrogen (secondary N) is 2. The van der Waals surface area contributed by atoms with E-state index >= 15 is 0 Å². The van der Waals surface area contributed by atoms with Crippen molar-refractivity contribution >= 4 is 17.4 Å². The van der Waals surface area contributed by atoms with E-state index < -0.39 is 0 Å². The number of ether oxygens (including phenoxy) is 2. The lowest BCUT2D eigenvalue weighted by atomic mass is 10.2. The van der Waals surface area contributed by atoms with E-state index in [1.807, 2.05) is 36.4 Å². The van der Waals surface area contributed by atoms with Gasteiger partial charge < -0.3 is 25.0 Å². The van der Waals surface area contributed by atoms with Gasteiger partial charge in [-0.15, -0.1) is 0 Å². The maximum atomic E-state index is 12.5.